The minimum Gasteiger partial charge on any atom is -0.434 e. The molecule has 5 nitrogen and oxygen atoms in total. The van der Waals surface area contributed by atoms with Crippen LogP contribution in [0.1, 0.15) is 18.1 Å². The van der Waals surface area contributed by atoms with Crippen molar-refractivity contribution in [2.75, 3.05) is 6.61 Å². The van der Waals surface area contributed by atoms with Crippen LogP contribution < -0.4 is 4.74 Å². The number of nitrogens with one attached hydrogen (secondary N) is 1. The van der Waals surface area contributed by atoms with Crippen LogP contribution in [0.5, 0.6) is 5.75 Å². The zero-order valence-corrected chi connectivity index (χ0v) is 15.0. The summed E-state index contributed by atoms with van der Waals surface area (Å²) in [6, 6.07) is 11.8. The lowest BCUT2D eigenvalue weighted by atomic mass is 10.0. The van der Waals surface area contributed by atoms with Crippen molar-refractivity contribution < 1.29 is 14.3 Å². The summed E-state index contributed by atoms with van der Waals surface area (Å²) >= 11 is 0. The van der Waals surface area contributed by atoms with Crippen LogP contribution in [0.25, 0.3) is 27.5 Å². The summed E-state index contributed by atoms with van der Waals surface area (Å²) in [6.45, 7) is 6.25. The minimum absolute atomic E-state index is 0.284. The Bertz CT molecular complexity index is 1110. The number of benzene rings is 2. The second-order valence-electron chi connectivity index (χ2n) is 6.30. The molecule has 1 N–H and O–H groups in total. The van der Waals surface area contributed by atoms with E-state index >= 15 is 0 Å². The Hall–Kier alpha value is -3.21. The van der Waals surface area contributed by atoms with Crippen molar-refractivity contribution in [1.29, 1.82) is 0 Å². The maximum Gasteiger partial charge on any atom is 0.513 e. The first-order valence-corrected chi connectivity index (χ1v) is 8.62. The van der Waals surface area contributed by atoms with Gasteiger partial charge in [0.15, 0.2) is 0 Å². The number of hydrogen-bond acceptors (Lipinski definition) is 3. The third-order valence-electron chi connectivity index (χ3n) is 4.62. The first-order chi connectivity index (χ1) is 12.6. The SMILES string of the molecule is CCOC(=O)Oc1ccc2[nH]c3c(C)cc(-n4cccc4)c(C)c3c2c1. The zero-order chi connectivity index (χ0) is 18.3. The Labute approximate surface area is 151 Å². The van der Waals surface area contributed by atoms with Gasteiger partial charge in [0.1, 0.15) is 5.75 Å². The van der Waals surface area contributed by atoms with E-state index in [0.29, 0.717) is 5.75 Å². The van der Waals surface area contributed by atoms with Crippen molar-refractivity contribution >= 4 is 28.0 Å². The molecule has 0 spiro atoms. The second kappa shape index (κ2) is 6.26. The van der Waals surface area contributed by atoms with Gasteiger partial charge in [-0.05, 0) is 68.3 Å². The third-order valence-corrected chi connectivity index (χ3v) is 4.62. The van der Waals surface area contributed by atoms with Gasteiger partial charge in [0, 0.05) is 39.9 Å². The number of ether oxygens (including phenoxy) is 2. The molecule has 0 atom stereocenters. The molecule has 0 amide bonds. The molecule has 0 bridgehead atoms. The summed E-state index contributed by atoms with van der Waals surface area (Å²) < 4.78 is 12.2. The maximum absolute atomic E-state index is 11.6. The van der Waals surface area contributed by atoms with Gasteiger partial charge in [0.05, 0.1) is 6.61 Å². The van der Waals surface area contributed by atoms with Crippen LogP contribution in [-0.2, 0) is 4.74 Å². The summed E-state index contributed by atoms with van der Waals surface area (Å²) in [7, 11) is 0. The number of rotatable bonds is 3. The number of nitrogens with zero attached hydrogens (tertiary/aromatic N) is 1. The third kappa shape index (κ3) is 2.62. The van der Waals surface area contributed by atoms with Crippen LogP contribution in [0, 0.1) is 13.8 Å². The van der Waals surface area contributed by atoms with Crippen LogP contribution in [0.4, 0.5) is 4.79 Å². The highest BCUT2D eigenvalue weighted by Crippen LogP contribution is 2.35. The fraction of sp³-hybridized carbons (Fsp3) is 0.190. The molecule has 0 unspecified atom stereocenters. The van der Waals surface area contributed by atoms with Gasteiger partial charge in [-0.15, -0.1) is 0 Å². The minimum atomic E-state index is -0.687. The quantitative estimate of drug-likeness (QED) is 0.406. The molecule has 0 aliphatic carbocycles. The van der Waals surface area contributed by atoms with Gasteiger partial charge in [-0.2, -0.15) is 0 Å². The van der Waals surface area contributed by atoms with Crippen LogP contribution in [0.3, 0.4) is 0 Å². The fourth-order valence-electron chi connectivity index (χ4n) is 3.44. The van der Waals surface area contributed by atoms with Crippen LogP contribution in [0.2, 0.25) is 0 Å². The lowest BCUT2D eigenvalue weighted by Crippen LogP contribution is -2.09. The van der Waals surface area contributed by atoms with E-state index in [2.05, 4.69) is 29.5 Å². The topological polar surface area (TPSA) is 56.2 Å². The van der Waals surface area contributed by atoms with Crippen LogP contribution in [0.15, 0.2) is 48.8 Å². The molecule has 132 valence electrons. The Morgan fingerprint density at radius 3 is 2.65 bits per heavy atom. The van der Waals surface area contributed by atoms with Crippen molar-refractivity contribution in [2.24, 2.45) is 0 Å². The first kappa shape index (κ1) is 16.3. The highest BCUT2D eigenvalue weighted by Gasteiger charge is 2.15. The summed E-state index contributed by atoms with van der Waals surface area (Å²) in [4.78, 5) is 15.1. The molecule has 0 radical (unpaired) electrons. The van der Waals surface area contributed by atoms with Gasteiger partial charge in [-0.25, -0.2) is 4.79 Å². The van der Waals surface area contributed by atoms with E-state index in [1.165, 1.54) is 11.1 Å². The summed E-state index contributed by atoms with van der Waals surface area (Å²) in [6.07, 6.45) is 3.39. The standard InChI is InChI=1S/C21H20N2O3/c1-4-25-21(24)26-15-7-8-17-16(12-15)19-14(3)18(23-9-5-6-10-23)11-13(2)20(19)22-17/h5-12,22H,4H2,1-3H3. The van der Waals surface area contributed by atoms with Gasteiger partial charge < -0.3 is 19.0 Å². The molecule has 4 aromatic rings. The molecule has 26 heavy (non-hydrogen) atoms. The molecule has 2 aromatic heterocycles. The highest BCUT2D eigenvalue weighted by atomic mass is 16.7. The molecule has 5 heteroatoms. The second-order valence-corrected chi connectivity index (χ2v) is 6.30. The average Bonchev–Trinajstić information content (AvgIpc) is 3.26. The Morgan fingerprint density at radius 2 is 1.92 bits per heavy atom. The number of fused-ring (bicyclic) bond motifs is 3. The summed E-state index contributed by atoms with van der Waals surface area (Å²) in [5.41, 5.74) is 5.58. The van der Waals surface area contributed by atoms with E-state index in [4.69, 9.17) is 9.47 Å². The number of hydrogen-bond donors (Lipinski definition) is 1. The van der Waals surface area contributed by atoms with E-state index in [9.17, 15) is 4.79 Å². The summed E-state index contributed by atoms with van der Waals surface area (Å²) in [5.74, 6) is 0.472. The maximum atomic E-state index is 11.6. The molecule has 0 saturated heterocycles. The van der Waals surface area contributed by atoms with Gasteiger partial charge in [-0.1, -0.05) is 0 Å². The van der Waals surface area contributed by atoms with Gasteiger partial charge in [0.2, 0.25) is 0 Å². The van der Waals surface area contributed by atoms with Crippen molar-refractivity contribution in [3.05, 3.63) is 59.9 Å². The molecule has 2 heterocycles. The van der Waals surface area contributed by atoms with E-state index in [-0.39, 0.29) is 6.61 Å². The molecule has 0 saturated carbocycles. The fourth-order valence-corrected chi connectivity index (χ4v) is 3.44. The van der Waals surface area contributed by atoms with E-state index in [0.717, 1.165) is 27.5 Å². The smallest absolute Gasteiger partial charge is 0.434 e. The number of carbonyl (C=O) groups excluding carboxylic acids is 1. The van der Waals surface area contributed by atoms with Gasteiger partial charge in [0.25, 0.3) is 0 Å². The van der Waals surface area contributed by atoms with Gasteiger partial charge in [-0.3, -0.25) is 0 Å². The number of aryl methyl sites for hydroxylation is 2. The van der Waals surface area contributed by atoms with E-state index < -0.39 is 6.16 Å². The van der Waals surface area contributed by atoms with Crippen molar-refractivity contribution in [1.82, 2.24) is 9.55 Å². The monoisotopic (exact) mass is 348 g/mol. The molecular weight excluding hydrogens is 328 g/mol. The van der Waals surface area contributed by atoms with Crippen molar-refractivity contribution in [3.63, 3.8) is 0 Å². The van der Waals surface area contributed by atoms with E-state index in [1.807, 2.05) is 36.7 Å². The first-order valence-electron chi connectivity index (χ1n) is 8.62. The normalized spacial score (nSPS) is 11.2. The lowest BCUT2D eigenvalue weighted by molar-refractivity contribution is 0.104. The zero-order valence-electron chi connectivity index (χ0n) is 15.0. The molecule has 4 rings (SSSR count). The Morgan fingerprint density at radius 1 is 1.15 bits per heavy atom. The van der Waals surface area contributed by atoms with Crippen molar-refractivity contribution in [2.45, 2.75) is 20.8 Å². The number of aromatic nitrogens is 2. The van der Waals surface area contributed by atoms with E-state index in [1.54, 1.807) is 13.0 Å². The molecule has 0 aliphatic rings. The predicted molar refractivity (Wildman–Crippen MR) is 102 cm³/mol. The predicted octanol–water partition coefficient (Wildman–Crippen LogP) is 5.26. The van der Waals surface area contributed by atoms with Crippen LogP contribution >= 0.6 is 0 Å². The Balaban J connectivity index is 1.92. The number of aromatic amines is 1. The average molecular weight is 348 g/mol. The molecule has 2 aromatic carbocycles. The number of H-pyrrole nitrogens is 1. The highest BCUT2D eigenvalue weighted by molar-refractivity contribution is 6.11. The molecular formula is C21H20N2O3. The van der Waals surface area contributed by atoms with Crippen LogP contribution in [-0.4, -0.2) is 22.3 Å². The molecule has 0 aliphatic heterocycles. The number of carbonyl (C=O) groups is 1. The lowest BCUT2D eigenvalue weighted by Gasteiger charge is -2.11. The van der Waals surface area contributed by atoms with Gasteiger partial charge >= 0.3 is 6.16 Å². The largest absolute Gasteiger partial charge is 0.513 e. The summed E-state index contributed by atoms with van der Waals surface area (Å²) in [5, 5.41) is 2.16. The van der Waals surface area contributed by atoms with Crippen molar-refractivity contribution in [3.8, 4) is 11.4 Å². The Kier molecular flexibility index (Phi) is 3.92. The molecule has 0 fully saturated rings.